The van der Waals surface area contributed by atoms with Crippen molar-refractivity contribution in [2.75, 3.05) is 26.1 Å². The summed E-state index contributed by atoms with van der Waals surface area (Å²) in [5.41, 5.74) is -0.0976. The number of hydrogen-bond acceptors (Lipinski definition) is 9. The fourth-order valence-electron chi connectivity index (χ4n) is 3.61. The number of ether oxygens (including phenoxy) is 5. The number of benzene rings is 1. The molecule has 0 unspecified atom stereocenters. The van der Waals surface area contributed by atoms with Crippen LogP contribution >= 0.6 is 0 Å². The van der Waals surface area contributed by atoms with Crippen molar-refractivity contribution in [3.63, 3.8) is 0 Å². The highest BCUT2D eigenvalue weighted by Gasteiger charge is 2.32. The Morgan fingerprint density at radius 1 is 1.14 bits per heavy atom. The van der Waals surface area contributed by atoms with E-state index < -0.39 is 24.0 Å². The molecule has 0 bridgehead atoms. The molecular weight excluding hydrogens is 478 g/mol. The van der Waals surface area contributed by atoms with Crippen molar-refractivity contribution in [3.8, 4) is 17.2 Å². The van der Waals surface area contributed by atoms with E-state index in [1.165, 1.54) is 37.2 Å². The van der Waals surface area contributed by atoms with Crippen LogP contribution in [0.1, 0.15) is 19.4 Å². The van der Waals surface area contributed by atoms with Crippen LogP contribution in [0.25, 0.3) is 0 Å². The summed E-state index contributed by atoms with van der Waals surface area (Å²) in [6.07, 6.45) is 4.10. The van der Waals surface area contributed by atoms with Gasteiger partial charge in [-0.3, -0.25) is 4.79 Å². The van der Waals surface area contributed by atoms with Gasteiger partial charge >= 0.3 is 0 Å². The van der Waals surface area contributed by atoms with Crippen molar-refractivity contribution in [2.24, 2.45) is 0 Å². The first kappa shape index (κ1) is 25.3. The molecule has 192 valence electrons. The quantitative estimate of drug-likeness (QED) is 0.469. The van der Waals surface area contributed by atoms with Crippen LogP contribution in [0.3, 0.4) is 0 Å². The van der Waals surface area contributed by atoms with Crippen LogP contribution in [0.5, 0.6) is 17.2 Å². The lowest BCUT2D eigenvalue weighted by Gasteiger charge is -2.17. The van der Waals surface area contributed by atoms with E-state index >= 15 is 0 Å². The third-order valence-electron chi connectivity index (χ3n) is 5.40. The summed E-state index contributed by atoms with van der Waals surface area (Å²) in [5, 5.41) is 2.93. The molecule has 3 heterocycles. The SMILES string of the molecule is COc1cc(OC)c(F)c(COc2cnc(Nc3ccn(C[C@@H]4COC(C)(C)O4)c(=O)c3)nc2)c1F. The zero-order chi connectivity index (χ0) is 25.9. The molecule has 4 rings (SSSR count). The van der Waals surface area contributed by atoms with E-state index in [0.717, 1.165) is 6.07 Å². The number of hydrogen-bond donors (Lipinski definition) is 1. The molecule has 10 nitrogen and oxygen atoms in total. The van der Waals surface area contributed by atoms with E-state index in [-0.39, 0.29) is 40.4 Å². The summed E-state index contributed by atoms with van der Waals surface area (Å²) in [4.78, 5) is 20.7. The molecule has 3 aromatic rings. The van der Waals surface area contributed by atoms with Crippen LogP contribution < -0.4 is 25.1 Å². The van der Waals surface area contributed by atoms with Gasteiger partial charge in [0.15, 0.2) is 34.7 Å². The highest BCUT2D eigenvalue weighted by atomic mass is 19.1. The maximum absolute atomic E-state index is 14.5. The second-order valence-corrected chi connectivity index (χ2v) is 8.40. The summed E-state index contributed by atoms with van der Waals surface area (Å²) in [6.45, 7) is 3.99. The molecule has 0 spiro atoms. The van der Waals surface area contributed by atoms with Gasteiger partial charge < -0.3 is 33.6 Å². The van der Waals surface area contributed by atoms with Gasteiger partial charge in [0, 0.05) is 24.0 Å². The van der Waals surface area contributed by atoms with Crippen LogP contribution in [0.15, 0.2) is 41.6 Å². The van der Waals surface area contributed by atoms with Gasteiger partial charge in [-0.25, -0.2) is 18.7 Å². The number of halogens is 2. The van der Waals surface area contributed by atoms with Crippen molar-refractivity contribution >= 4 is 11.6 Å². The van der Waals surface area contributed by atoms with E-state index in [1.807, 2.05) is 13.8 Å². The minimum absolute atomic E-state index is 0.169. The number of rotatable bonds is 9. The topological polar surface area (TPSA) is 106 Å². The maximum atomic E-state index is 14.5. The molecular formula is C24H26F2N4O6. The lowest BCUT2D eigenvalue weighted by Crippen LogP contribution is -2.29. The van der Waals surface area contributed by atoms with Gasteiger partial charge in [-0.15, -0.1) is 0 Å². The number of nitrogens with one attached hydrogen (secondary N) is 1. The molecule has 1 fully saturated rings. The molecule has 2 aromatic heterocycles. The van der Waals surface area contributed by atoms with Crippen LogP contribution in [-0.4, -0.2) is 47.3 Å². The van der Waals surface area contributed by atoms with Gasteiger partial charge in [-0.2, -0.15) is 0 Å². The van der Waals surface area contributed by atoms with Crippen molar-refractivity contribution < 1.29 is 32.5 Å². The molecule has 12 heteroatoms. The van der Waals surface area contributed by atoms with Crippen molar-refractivity contribution in [1.82, 2.24) is 14.5 Å². The van der Waals surface area contributed by atoms with Gasteiger partial charge in [0.1, 0.15) is 12.7 Å². The average Bonchev–Trinajstić information content (AvgIpc) is 3.20. The first-order valence-corrected chi connectivity index (χ1v) is 11.0. The number of nitrogens with zero attached hydrogens (tertiary/aromatic N) is 3. The monoisotopic (exact) mass is 504 g/mol. The minimum Gasteiger partial charge on any atom is -0.494 e. The molecule has 0 aliphatic carbocycles. The largest absolute Gasteiger partial charge is 0.494 e. The molecule has 36 heavy (non-hydrogen) atoms. The van der Waals surface area contributed by atoms with Crippen molar-refractivity contribution in [1.29, 1.82) is 0 Å². The molecule has 1 saturated heterocycles. The summed E-state index contributed by atoms with van der Waals surface area (Å²) in [6, 6.07) is 4.24. The van der Waals surface area contributed by atoms with E-state index in [4.69, 9.17) is 23.7 Å². The van der Waals surface area contributed by atoms with E-state index in [9.17, 15) is 13.6 Å². The van der Waals surface area contributed by atoms with Crippen LogP contribution in [0.4, 0.5) is 20.4 Å². The maximum Gasteiger partial charge on any atom is 0.252 e. The number of aromatic nitrogens is 3. The fraction of sp³-hybridized carbons (Fsp3) is 0.375. The van der Waals surface area contributed by atoms with Crippen LogP contribution in [0.2, 0.25) is 0 Å². The van der Waals surface area contributed by atoms with Crippen LogP contribution in [0, 0.1) is 11.6 Å². The molecule has 1 aromatic carbocycles. The van der Waals surface area contributed by atoms with E-state index in [0.29, 0.717) is 18.8 Å². The summed E-state index contributed by atoms with van der Waals surface area (Å²) < 4.78 is 57.1. The third kappa shape index (κ3) is 5.71. The number of pyridine rings is 1. The van der Waals surface area contributed by atoms with Crippen molar-refractivity contribution in [3.05, 3.63) is 64.3 Å². The summed E-state index contributed by atoms with van der Waals surface area (Å²) in [7, 11) is 2.53. The Bertz CT molecular complexity index is 1250. The minimum atomic E-state index is -0.888. The molecule has 0 amide bonds. The lowest BCUT2D eigenvalue weighted by atomic mass is 10.1. The zero-order valence-corrected chi connectivity index (χ0v) is 20.2. The Morgan fingerprint density at radius 2 is 1.81 bits per heavy atom. The predicted molar refractivity (Wildman–Crippen MR) is 125 cm³/mol. The Labute approximate surface area is 205 Å². The zero-order valence-electron chi connectivity index (χ0n) is 20.2. The van der Waals surface area contributed by atoms with Gasteiger partial charge in [0.05, 0.1) is 45.3 Å². The highest BCUT2D eigenvalue weighted by molar-refractivity contribution is 5.52. The van der Waals surface area contributed by atoms with E-state index in [1.54, 1.807) is 12.3 Å². The molecule has 1 aliphatic heterocycles. The summed E-state index contributed by atoms with van der Waals surface area (Å²) >= 11 is 0. The fourth-order valence-corrected chi connectivity index (χ4v) is 3.61. The highest BCUT2D eigenvalue weighted by Crippen LogP contribution is 2.32. The van der Waals surface area contributed by atoms with E-state index in [2.05, 4.69) is 15.3 Å². The Balaban J connectivity index is 1.38. The number of anilines is 2. The predicted octanol–water partition coefficient (Wildman–Crippen LogP) is 3.41. The van der Waals surface area contributed by atoms with Gasteiger partial charge in [0.25, 0.3) is 5.56 Å². The molecule has 1 atom stereocenters. The first-order chi connectivity index (χ1) is 17.2. The van der Waals surface area contributed by atoms with Crippen molar-refractivity contribution in [2.45, 2.75) is 38.9 Å². The van der Waals surface area contributed by atoms with Gasteiger partial charge in [-0.05, 0) is 19.9 Å². The average molecular weight is 504 g/mol. The second kappa shape index (κ2) is 10.5. The first-order valence-electron chi connectivity index (χ1n) is 11.0. The smallest absolute Gasteiger partial charge is 0.252 e. The van der Waals surface area contributed by atoms with Gasteiger partial charge in [0.2, 0.25) is 5.95 Å². The molecule has 1 N–H and O–H groups in total. The number of methoxy groups -OCH3 is 2. The Hall–Kier alpha value is -3.77. The standard InChI is InChI=1S/C24H26F2N4O6/c1-24(2)35-12-16(36-24)11-30-6-5-14(7-20(30)31)29-23-27-9-15(10-28-23)34-13-17-21(25)18(32-3)8-19(33-4)22(17)26/h5-10,16H,11-13H2,1-4H3,(H,27,28,29)/t16-/m1/s1. The molecule has 1 aliphatic rings. The Morgan fingerprint density at radius 3 is 2.36 bits per heavy atom. The normalized spacial score (nSPS) is 16.6. The second-order valence-electron chi connectivity index (χ2n) is 8.40. The Kier molecular flexibility index (Phi) is 7.36. The van der Waals surface area contributed by atoms with Crippen LogP contribution in [-0.2, 0) is 22.6 Å². The lowest BCUT2D eigenvalue weighted by molar-refractivity contribution is -0.139. The third-order valence-corrected chi connectivity index (χ3v) is 5.40. The van der Waals surface area contributed by atoms with Gasteiger partial charge in [-0.1, -0.05) is 0 Å². The molecule has 0 saturated carbocycles. The summed E-state index contributed by atoms with van der Waals surface area (Å²) in [5.74, 6) is -2.39. The molecule has 0 radical (unpaired) electrons.